The number of hydrazine groups is 1. The number of benzene rings is 2. The Morgan fingerprint density at radius 2 is 1.93 bits per heavy atom. The van der Waals surface area contributed by atoms with E-state index in [1.54, 1.807) is 56.6 Å². The highest BCUT2D eigenvalue weighted by atomic mass is 79.9. The summed E-state index contributed by atoms with van der Waals surface area (Å²) in [5.74, 6) is -0.418. The second-order valence-corrected chi connectivity index (χ2v) is 6.71. The number of aliphatic imine (C=N–C) groups is 1. The molecule has 0 saturated carbocycles. The summed E-state index contributed by atoms with van der Waals surface area (Å²) in [5.41, 5.74) is 3.91. The van der Waals surface area contributed by atoms with Crippen LogP contribution in [-0.4, -0.2) is 41.3 Å². The Kier molecular flexibility index (Phi) is 5.38. The summed E-state index contributed by atoms with van der Waals surface area (Å²) in [7, 11) is 3.30. The van der Waals surface area contributed by atoms with Gasteiger partial charge in [0.1, 0.15) is 0 Å². The van der Waals surface area contributed by atoms with Crippen LogP contribution in [0, 0.1) is 0 Å². The number of pyridine rings is 1. The average Bonchev–Trinajstić information content (AvgIpc) is 2.66. The minimum Gasteiger partial charge on any atom is -0.494 e. The predicted molar refractivity (Wildman–Crippen MR) is 109 cm³/mol. The van der Waals surface area contributed by atoms with Crippen LogP contribution in [0.1, 0.15) is 15.9 Å². The molecule has 138 valence electrons. The lowest BCUT2D eigenvalue weighted by atomic mass is 10.1. The Morgan fingerprint density at radius 3 is 2.59 bits per heavy atom. The molecule has 0 spiro atoms. The van der Waals surface area contributed by atoms with E-state index < -0.39 is 0 Å². The molecule has 0 aliphatic carbocycles. The van der Waals surface area contributed by atoms with E-state index in [0.29, 0.717) is 27.6 Å². The van der Waals surface area contributed by atoms with Gasteiger partial charge in [0.15, 0.2) is 0 Å². The van der Waals surface area contributed by atoms with Crippen LogP contribution in [0.2, 0.25) is 0 Å². The molecule has 0 bridgehead atoms. The third kappa shape index (κ3) is 3.91. The number of hydrogen-bond donors (Lipinski definition) is 3. The van der Waals surface area contributed by atoms with Crippen molar-refractivity contribution in [3.63, 3.8) is 0 Å². The van der Waals surface area contributed by atoms with Gasteiger partial charge in [-0.3, -0.25) is 24.6 Å². The van der Waals surface area contributed by atoms with Crippen molar-refractivity contribution in [2.24, 2.45) is 4.99 Å². The van der Waals surface area contributed by atoms with Crippen molar-refractivity contribution in [2.45, 2.75) is 0 Å². The molecule has 3 rings (SSSR count). The highest BCUT2D eigenvalue weighted by Crippen LogP contribution is 2.25. The van der Waals surface area contributed by atoms with Crippen LogP contribution in [0.3, 0.4) is 0 Å². The maximum absolute atomic E-state index is 12.1. The fraction of sp³-hybridized carbons (Fsp3) is 0.105. The highest BCUT2D eigenvalue weighted by molar-refractivity contribution is 9.10. The van der Waals surface area contributed by atoms with Crippen molar-refractivity contribution < 1.29 is 9.90 Å². The number of carbonyl (C=O) groups excluding carboxylic acids is 1. The highest BCUT2D eigenvalue weighted by Gasteiger charge is 2.11. The standard InChI is InChI=1S/C19H17BrN4O3/c1-21-24(2)19(27)11-3-6-13(7-4-11)22-10-16-15-9-12(20)5-8-14(15)17(25)23-18(16)26/h3-10,21H,1-2H3,(H2,23,25,26). The molecule has 0 aliphatic rings. The fourth-order valence-electron chi connectivity index (χ4n) is 2.56. The average molecular weight is 429 g/mol. The van der Waals surface area contributed by atoms with E-state index >= 15 is 0 Å². The number of H-pyrrole nitrogens is 1. The molecular formula is C19H17BrN4O3. The number of halogens is 1. The van der Waals surface area contributed by atoms with Gasteiger partial charge in [0.25, 0.3) is 11.5 Å². The number of nitrogens with one attached hydrogen (secondary N) is 2. The van der Waals surface area contributed by atoms with Crippen molar-refractivity contribution in [1.29, 1.82) is 0 Å². The largest absolute Gasteiger partial charge is 0.494 e. The predicted octanol–water partition coefficient (Wildman–Crippen LogP) is 2.95. The van der Waals surface area contributed by atoms with E-state index in [1.165, 1.54) is 11.2 Å². The second-order valence-electron chi connectivity index (χ2n) is 5.80. The smallest absolute Gasteiger partial charge is 0.267 e. The zero-order chi connectivity index (χ0) is 19.6. The van der Waals surface area contributed by atoms with Gasteiger partial charge in [-0.05, 0) is 42.5 Å². The molecule has 0 saturated heterocycles. The number of nitrogens with zero attached hydrogens (tertiary/aromatic N) is 2. The molecular weight excluding hydrogens is 412 g/mol. The molecule has 0 fully saturated rings. The Bertz CT molecular complexity index is 1090. The summed E-state index contributed by atoms with van der Waals surface area (Å²) >= 11 is 3.37. The van der Waals surface area contributed by atoms with Gasteiger partial charge in [-0.2, -0.15) is 0 Å². The number of aromatic amines is 1. The Balaban J connectivity index is 1.96. The number of aromatic nitrogens is 1. The van der Waals surface area contributed by atoms with Gasteiger partial charge in [0.05, 0.1) is 11.3 Å². The molecule has 3 aromatic rings. The van der Waals surface area contributed by atoms with Crippen LogP contribution >= 0.6 is 15.9 Å². The number of hydrogen-bond acceptors (Lipinski definition) is 5. The number of aromatic hydroxyl groups is 1. The van der Waals surface area contributed by atoms with Gasteiger partial charge < -0.3 is 5.11 Å². The van der Waals surface area contributed by atoms with Crippen molar-refractivity contribution in [3.8, 4) is 5.88 Å². The lowest BCUT2D eigenvalue weighted by Crippen LogP contribution is -2.36. The summed E-state index contributed by atoms with van der Waals surface area (Å²) in [6.45, 7) is 0. The molecule has 1 amide bonds. The molecule has 7 nitrogen and oxygen atoms in total. The van der Waals surface area contributed by atoms with Crippen molar-refractivity contribution in [1.82, 2.24) is 15.4 Å². The Morgan fingerprint density at radius 1 is 1.22 bits per heavy atom. The molecule has 1 heterocycles. The minimum atomic E-state index is -0.372. The first-order valence-corrected chi connectivity index (χ1v) is 8.84. The molecule has 0 aliphatic heterocycles. The zero-order valence-electron chi connectivity index (χ0n) is 14.7. The van der Waals surface area contributed by atoms with E-state index in [2.05, 4.69) is 31.3 Å². The third-order valence-electron chi connectivity index (χ3n) is 4.10. The van der Waals surface area contributed by atoms with Gasteiger partial charge in [-0.25, -0.2) is 5.43 Å². The molecule has 1 aromatic heterocycles. The van der Waals surface area contributed by atoms with Crippen molar-refractivity contribution in [3.05, 3.63) is 68.4 Å². The van der Waals surface area contributed by atoms with Crippen LogP contribution in [-0.2, 0) is 0 Å². The number of carbonyl (C=O) groups is 1. The quantitative estimate of drug-likeness (QED) is 0.439. The normalized spacial score (nSPS) is 11.2. The molecule has 8 heteroatoms. The topological polar surface area (TPSA) is 97.8 Å². The zero-order valence-corrected chi connectivity index (χ0v) is 16.2. The Labute approximate surface area is 163 Å². The first-order valence-electron chi connectivity index (χ1n) is 8.05. The van der Waals surface area contributed by atoms with E-state index in [1.807, 2.05) is 0 Å². The Hall–Kier alpha value is -2.97. The van der Waals surface area contributed by atoms with Crippen LogP contribution in [0.15, 0.2) is 56.7 Å². The fourth-order valence-corrected chi connectivity index (χ4v) is 2.92. The molecule has 2 aromatic carbocycles. The van der Waals surface area contributed by atoms with Crippen LogP contribution < -0.4 is 11.0 Å². The lowest BCUT2D eigenvalue weighted by Gasteiger charge is -2.14. The number of rotatable bonds is 4. The van der Waals surface area contributed by atoms with E-state index in [4.69, 9.17) is 0 Å². The summed E-state index contributed by atoms with van der Waals surface area (Å²) < 4.78 is 0.783. The molecule has 0 atom stereocenters. The van der Waals surface area contributed by atoms with Crippen LogP contribution in [0.4, 0.5) is 5.69 Å². The van der Waals surface area contributed by atoms with Gasteiger partial charge in [-0.1, -0.05) is 15.9 Å². The van der Waals surface area contributed by atoms with E-state index in [9.17, 15) is 14.7 Å². The van der Waals surface area contributed by atoms with E-state index in [-0.39, 0.29) is 17.3 Å². The van der Waals surface area contributed by atoms with Crippen LogP contribution in [0.5, 0.6) is 5.88 Å². The van der Waals surface area contributed by atoms with Gasteiger partial charge in [0.2, 0.25) is 5.88 Å². The molecule has 0 unspecified atom stereocenters. The maximum Gasteiger partial charge on any atom is 0.267 e. The number of fused-ring (bicyclic) bond motifs is 1. The minimum absolute atomic E-state index is 0.165. The van der Waals surface area contributed by atoms with Crippen LogP contribution in [0.25, 0.3) is 10.8 Å². The summed E-state index contributed by atoms with van der Waals surface area (Å²) in [6, 6.07) is 11.9. The first-order chi connectivity index (χ1) is 12.9. The lowest BCUT2D eigenvalue weighted by molar-refractivity contribution is 0.0735. The van der Waals surface area contributed by atoms with Crippen molar-refractivity contribution >= 4 is 44.5 Å². The van der Waals surface area contributed by atoms with Gasteiger partial charge >= 0.3 is 0 Å². The van der Waals surface area contributed by atoms with E-state index in [0.717, 1.165) is 4.47 Å². The maximum atomic E-state index is 12.1. The molecule has 3 N–H and O–H groups in total. The monoisotopic (exact) mass is 428 g/mol. The summed E-state index contributed by atoms with van der Waals surface area (Å²) in [6.07, 6.45) is 1.48. The summed E-state index contributed by atoms with van der Waals surface area (Å²) in [4.78, 5) is 30.8. The number of amides is 1. The van der Waals surface area contributed by atoms with Gasteiger partial charge in [0, 0.05) is 41.1 Å². The molecule has 0 radical (unpaired) electrons. The molecule has 27 heavy (non-hydrogen) atoms. The first kappa shape index (κ1) is 18.8. The third-order valence-corrected chi connectivity index (χ3v) is 4.59. The second kappa shape index (κ2) is 7.73. The van der Waals surface area contributed by atoms with Gasteiger partial charge in [-0.15, -0.1) is 0 Å². The summed E-state index contributed by atoms with van der Waals surface area (Å²) in [5, 5.41) is 12.6. The SMILES string of the molecule is CNN(C)C(=O)c1ccc(N=Cc2c(O)[nH]c(=O)c3ccc(Br)cc23)cc1. The van der Waals surface area contributed by atoms with Crippen molar-refractivity contribution in [2.75, 3.05) is 14.1 Å².